The monoisotopic (exact) mass is 363 g/mol. The molecule has 2 heterocycles. The Hall–Kier alpha value is -3.54. The van der Waals surface area contributed by atoms with E-state index in [1.807, 2.05) is 6.07 Å². The van der Waals surface area contributed by atoms with Crippen molar-refractivity contribution in [3.05, 3.63) is 95.8 Å². The molecular weight excluding hydrogens is 348 g/mol. The summed E-state index contributed by atoms with van der Waals surface area (Å²) in [5.41, 5.74) is 0.821. The van der Waals surface area contributed by atoms with Crippen molar-refractivity contribution in [2.45, 2.75) is 6.04 Å². The maximum absolute atomic E-state index is 14.5. The van der Waals surface area contributed by atoms with E-state index in [-0.39, 0.29) is 11.3 Å². The minimum Gasteiger partial charge on any atom is -0.505 e. The summed E-state index contributed by atoms with van der Waals surface area (Å²) in [4.78, 5) is 8.39. The molecule has 1 atom stereocenters. The topological polar surface area (TPSA) is 58.0 Å². The van der Waals surface area contributed by atoms with E-state index in [4.69, 9.17) is 0 Å². The van der Waals surface area contributed by atoms with Crippen molar-refractivity contribution in [1.82, 2.24) is 9.97 Å². The van der Waals surface area contributed by atoms with Gasteiger partial charge in [0.25, 0.3) is 0 Å². The van der Waals surface area contributed by atoms with Gasteiger partial charge in [0.1, 0.15) is 28.7 Å². The van der Waals surface area contributed by atoms with Crippen molar-refractivity contribution < 1.29 is 13.9 Å². The summed E-state index contributed by atoms with van der Waals surface area (Å²) in [6.07, 6.45) is 3.15. The highest BCUT2D eigenvalue weighted by molar-refractivity contribution is 5.86. The van der Waals surface area contributed by atoms with E-state index in [1.54, 1.807) is 48.8 Å². The van der Waals surface area contributed by atoms with Gasteiger partial charge < -0.3 is 10.4 Å². The SMILES string of the molecule is Oc1c(C(Nc2ccccn2)c2cc(F)ccc2F)ccc2cccnc12. The van der Waals surface area contributed by atoms with E-state index >= 15 is 0 Å². The van der Waals surface area contributed by atoms with Gasteiger partial charge in [0.05, 0.1) is 6.04 Å². The van der Waals surface area contributed by atoms with Crippen molar-refractivity contribution in [1.29, 1.82) is 0 Å². The second-order valence-electron chi connectivity index (χ2n) is 6.04. The van der Waals surface area contributed by atoms with Gasteiger partial charge in [-0.1, -0.05) is 24.3 Å². The van der Waals surface area contributed by atoms with Crippen LogP contribution in [0.5, 0.6) is 5.75 Å². The molecule has 0 bridgehead atoms. The predicted octanol–water partition coefficient (Wildman–Crippen LogP) is 4.82. The van der Waals surface area contributed by atoms with Crippen molar-refractivity contribution in [3.63, 3.8) is 0 Å². The Kier molecular flexibility index (Phi) is 4.38. The summed E-state index contributed by atoms with van der Waals surface area (Å²) in [5, 5.41) is 14.6. The molecule has 27 heavy (non-hydrogen) atoms. The van der Waals surface area contributed by atoms with Gasteiger partial charge in [-0.25, -0.2) is 13.8 Å². The molecule has 0 radical (unpaired) electrons. The number of anilines is 1. The maximum atomic E-state index is 14.5. The smallest absolute Gasteiger partial charge is 0.147 e. The third kappa shape index (κ3) is 3.29. The first-order valence-electron chi connectivity index (χ1n) is 8.32. The highest BCUT2D eigenvalue weighted by Gasteiger charge is 2.23. The highest BCUT2D eigenvalue weighted by Crippen LogP contribution is 2.37. The van der Waals surface area contributed by atoms with Crippen molar-refractivity contribution >= 4 is 16.7 Å². The molecule has 2 aromatic heterocycles. The zero-order valence-electron chi connectivity index (χ0n) is 14.1. The van der Waals surface area contributed by atoms with Gasteiger partial charge in [0, 0.05) is 28.9 Å². The third-order valence-corrected chi connectivity index (χ3v) is 4.32. The van der Waals surface area contributed by atoms with Crippen LogP contribution in [0.15, 0.2) is 73.1 Å². The van der Waals surface area contributed by atoms with Crippen LogP contribution in [0, 0.1) is 11.6 Å². The first kappa shape index (κ1) is 16.9. The number of aromatic hydroxyl groups is 1. The van der Waals surface area contributed by atoms with Gasteiger partial charge in [-0.3, -0.25) is 4.98 Å². The third-order valence-electron chi connectivity index (χ3n) is 4.32. The van der Waals surface area contributed by atoms with Gasteiger partial charge >= 0.3 is 0 Å². The molecule has 0 saturated carbocycles. The van der Waals surface area contributed by atoms with Gasteiger partial charge in [-0.2, -0.15) is 0 Å². The Labute approximate surface area is 154 Å². The quantitative estimate of drug-likeness (QED) is 0.546. The number of hydrogen-bond donors (Lipinski definition) is 2. The molecular formula is C21H15F2N3O. The lowest BCUT2D eigenvalue weighted by Crippen LogP contribution is -2.15. The van der Waals surface area contributed by atoms with E-state index in [9.17, 15) is 13.9 Å². The maximum Gasteiger partial charge on any atom is 0.147 e. The Morgan fingerprint density at radius 1 is 0.852 bits per heavy atom. The lowest BCUT2D eigenvalue weighted by Gasteiger charge is -2.22. The van der Waals surface area contributed by atoms with Gasteiger partial charge in [0.2, 0.25) is 0 Å². The van der Waals surface area contributed by atoms with Gasteiger partial charge in [-0.05, 0) is 36.4 Å². The summed E-state index contributed by atoms with van der Waals surface area (Å²) >= 11 is 0. The van der Waals surface area contributed by atoms with Crippen LogP contribution in [0.25, 0.3) is 10.9 Å². The van der Waals surface area contributed by atoms with Crippen LogP contribution in [-0.4, -0.2) is 15.1 Å². The van der Waals surface area contributed by atoms with E-state index in [0.29, 0.717) is 16.9 Å². The van der Waals surface area contributed by atoms with Gasteiger partial charge in [0.15, 0.2) is 0 Å². The number of aromatic nitrogens is 2. The average Bonchev–Trinajstić information content (AvgIpc) is 2.70. The van der Waals surface area contributed by atoms with Crippen LogP contribution in [0.4, 0.5) is 14.6 Å². The molecule has 6 heteroatoms. The molecule has 4 aromatic rings. The number of rotatable bonds is 4. The predicted molar refractivity (Wildman–Crippen MR) is 99.5 cm³/mol. The number of nitrogens with one attached hydrogen (secondary N) is 1. The molecule has 0 aliphatic carbocycles. The van der Waals surface area contributed by atoms with Crippen LogP contribution < -0.4 is 5.32 Å². The fourth-order valence-electron chi connectivity index (χ4n) is 3.03. The zero-order valence-corrected chi connectivity index (χ0v) is 14.1. The number of benzene rings is 2. The number of hydrogen-bond acceptors (Lipinski definition) is 4. The lowest BCUT2D eigenvalue weighted by molar-refractivity contribution is 0.470. The normalized spacial score (nSPS) is 12.1. The van der Waals surface area contributed by atoms with Crippen molar-refractivity contribution in [2.75, 3.05) is 5.32 Å². The number of phenols is 1. The summed E-state index contributed by atoms with van der Waals surface area (Å²) in [7, 11) is 0. The van der Waals surface area contributed by atoms with Crippen LogP contribution >= 0.6 is 0 Å². The van der Waals surface area contributed by atoms with Crippen LogP contribution in [0.1, 0.15) is 17.2 Å². The standard InChI is InChI=1S/C21H15F2N3O/c22-14-7-9-17(23)16(12-14)20(26-18-5-1-2-10-24-18)15-8-6-13-4-3-11-25-19(13)21(15)27/h1-12,20,27H,(H,24,26). The summed E-state index contributed by atoms with van der Waals surface area (Å²) in [5.74, 6) is -0.792. The average molecular weight is 363 g/mol. The van der Waals surface area contributed by atoms with Crippen LogP contribution in [0.2, 0.25) is 0 Å². The molecule has 0 aliphatic heterocycles. The van der Waals surface area contributed by atoms with E-state index in [0.717, 1.165) is 23.6 Å². The Balaban J connectivity index is 1.90. The van der Waals surface area contributed by atoms with Crippen LogP contribution in [0.3, 0.4) is 0 Å². The van der Waals surface area contributed by atoms with Crippen LogP contribution in [-0.2, 0) is 0 Å². The minimum atomic E-state index is -0.859. The van der Waals surface area contributed by atoms with Crippen molar-refractivity contribution in [2.24, 2.45) is 0 Å². The highest BCUT2D eigenvalue weighted by atomic mass is 19.1. The number of halogens is 2. The molecule has 4 rings (SSSR count). The molecule has 0 aliphatic rings. The second kappa shape index (κ2) is 6.99. The first-order chi connectivity index (χ1) is 13.1. The molecule has 2 aromatic carbocycles. The van der Waals surface area contributed by atoms with E-state index < -0.39 is 17.7 Å². The largest absolute Gasteiger partial charge is 0.505 e. The molecule has 0 saturated heterocycles. The molecule has 1 unspecified atom stereocenters. The summed E-state index contributed by atoms with van der Waals surface area (Å²) < 4.78 is 28.4. The molecule has 4 nitrogen and oxygen atoms in total. The zero-order chi connectivity index (χ0) is 18.8. The lowest BCUT2D eigenvalue weighted by atomic mass is 9.95. The molecule has 0 spiro atoms. The Morgan fingerprint density at radius 3 is 2.52 bits per heavy atom. The van der Waals surface area contributed by atoms with E-state index in [1.165, 1.54) is 0 Å². The van der Waals surface area contributed by atoms with Crippen molar-refractivity contribution in [3.8, 4) is 5.75 Å². The molecule has 0 amide bonds. The Bertz CT molecular complexity index is 1100. The summed E-state index contributed by atoms with van der Waals surface area (Å²) in [6.45, 7) is 0. The number of nitrogens with zero attached hydrogens (tertiary/aromatic N) is 2. The summed E-state index contributed by atoms with van der Waals surface area (Å²) in [6, 6.07) is 14.6. The van der Waals surface area contributed by atoms with Gasteiger partial charge in [-0.15, -0.1) is 0 Å². The molecule has 134 valence electrons. The number of pyridine rings is 2. The molecule has 0 fully saturated rings. The second-order valence-corrected chi connectivity index (χ2v) is 6.04. The Morgan fingerprint density at radius 2 is 1.70 bits per heavy atom. The minimum absolute atomic E-state index is 0.0613. The molecule has 2 N–H and O–H groups in total. The first-order valence-corrected chi connectivity index (χ1v) is 8.32. The number of fused-ring (bicyclic) bond motifs is 1. The number of phenolic OH excluding ortho intramolecular Hbond substituents is 1. The van der Waals surface area contributed by atoms with E-state index in [2.05, 4.69) is 15.3 Å². The fraction of sp³-hybridized carbons (Fsp3) is 0.0476. The fourth-order valence-corrected chi connectivity index (χ4v) is 3.03.